The molecule has 0 saturated carbocycles. The van der Waals surface area contributed by atoms with E-state index in [2.05, 4.69) is 18.7 Å². The molecular weight excluding hydrogens is 358 g/mol. The van der Waals surface area contributed by atoms with Gasteiger partial charge in [-0.25, -0.2) is 0 Å². The second kappa shape index (κ2) is 10.1. The van der Waals surface area contributed by atoms with Gasteiger partial charge in [0.25, 0.3) is 0 Å². The van der Waals surface area contributed by atoms with Gasteiger partial charge in [-0.2, -0.15) is 21.0 Å². The zero-order chi connectivity index (χ0) is 21.2. The molecule has 0 saturated heterocycles. The maximum atomic E-state index is 9.57. The van der Waals surface area contributed by atoms with E-state index < -0.39 is 0 Å². The van der Waals surface area contributed by atoms with Crippen LogP contribution in [0.1, 0.15) is 25.0 Å². The summed E-state index contributed by atoms with van der Waals surface area (Å²) in [5.41, 5.74) is 2.47. The average molecular weight is 377 g/mol. The van der Waals surface area contributed by atoms with Crippen LogP contribution in [-0.4, -0.2) is 13.1 Å². The van der Waals surface area contributed by atoms with Crippen molar-refractivity contribution in [3.8, 4) is 24.3 Å². The van der Waals surface area contributed by atoms with Crippen molar-refractivity contribution in [3.63, 3.8) is 0 Å². The first-order chi connectivity index (χ1) is 14.1. The first-order valence-corrected chi connectivity index (χ1v) is 9.15. The summed E-state index contributed by atoms with van der Waals surface area (Å²) in [5, 5.41) is 38.2. The molecule has 0 aromatic heterocycles. The van der Waals surface area contributed by atoms with E-state index >= 15 is 0 Å². The lowest BCUT2D eigenvalue weighted by Gasteiger charge is -2.21. The van der Waals surface area contributed by atoms with Gasteiger partial charge in [-0.05, 0) is 37.1 Å². The smallest absolute Gasteiger partial charge is 0.138 e. The standard InChI is InChI=1S/C24H19N5/c1-3-29(4-2)22-12-10-19(11-13-22)24(21(16-27)17-28)23(20(14-25)15-26)18-8-6-5-7-9-18/h5-13H,3-4H2,1-2H3. The summed E-state index contributed by atoms with van der Waals surface area (Å²) in [5.74, 6) is 0. The lowest BCUT2D eigenvalue weighted by molar-refractivity contribution is 0.866. The van der Waals surface area contributed by atoms with E-state index in [0.717, 1.165) is 18.8 Å². The van der Waals surface area contributed by atoms with Gasteiger partial charge in [-0.1, -0.05) is 42.5 Å². The van der Waals surface area contributed by atoms with Gasteiger partial charge < -0.3 is 4.90 Å². The van der Waals surface area contributed by atoms with Gasteiger partial charge in [0.15, 0.2) is 0 Å². The highest BCUT2D eigenvalue weighted by molar-refractivity contribution is 6.11. The van der Waals surface area contributed by atoms with Crippen LogP contribution in [0.3, 0.4) is 0 Å². The van der Waals surface area contributed by atoms with Crippen LogP contribution in [0.4, 0.5) is 5.69 Å². The molecule has 0 fully saturated rings. The number of allylic oxidation sites excluding steroid dienone is 4. The van der Waals surface area contributed by atoms with E-state index in [-0.39, 0.29) is 22.3 Å². The molecular formula is C24H19N5. The number of hydrogen-bond acceptors (Lipinski definition) is 5. The van der Waals surface area contributed by atoms with E-state index in [1.165, 1.54) is 0 Å². The van der Waals surface area contributed by atoms with Crippen LogP contribution in [-0.2, 0) is 0 Å². The summed E-state index contributed by atoms with van der Waals surface area (Å²) >= 11 is 0. The molecule has 29 heavy (non-hydrogen) atoms. The van der Waals surface area contributed by atoms with Gasteiger partial charge in [0.2, 0.25) is 0 Å². The predicted octanol–water partition coefficient (Wildman–Crippen LogP) is 4.83. The molecule has 0 unspecified atom stereocenters. The van der Waals surface area contributed by atoms with Crippen LogP contribution >= 0.6 is 0 Å². The number of hydrogen-bond donors (Lipinski definition) is 0. The molecule has 0 aliphatic rings. The maximum Gasteiger partial charge on any atom is 0.138 e. The second-order valence-electron chi connectivity index (χ2n) is 6.03. The third-order valence-corrected chi connectivity index (χ3v) is 4.54. The Morgan fingerprint density at radius 3 is 1.45 bits per heavy atom. The van der Waals surface area contributed by atoms with Crippen molar-refractivity contribution in [1.29, 1.82) is 21.0 Å². The Labute approximate surface area is 171 Å². The Morgan fingerprint density at radius 1 is 0.655 bits per heavy atom. The van der Waals surface area contributed by atoms with Gasteiger partial charge in [0.1, 0.15) is 35.4 Å². The maximum absolute atomic E-state index is 9.57. The Morgan fingerprint density at radius 2 is 1.07 bits per heavy atom. The van der Waals surface area contributed by atoms with Crippen molar-refractivity contribution in [2.45, 2.75) is 13.8 Å². The van der Waals surface area contributed by atoms with Crippen LogP contribution in [0.25, 0.3) is 11.1 Å². The molecule has 0 spiro atoms. The van der Waals surface area contributed by atoms with Gasteiger partial charge in [0, 0.05) is 29.9 Å². The summed E-state index contributed by atoms with van der Waals surface area (Å²) in [7, 11) is 0. The number of nitriles is 4. The van der Waals surface area contributed by atoms with Crippen LogP contribution in [0.2, 0.25) is 0 Å². The molecule has 0 heterocycles. The van der Waals surface area contributed by atoms with Gasteiger partial charge >= 0.3 is 0 Å². The normalized spacial score (nSPS) is 9.17. The van der Waals surface area contributed by atoms with Crippen LogP contribution < -0.4 is 4.90 Å². The summed E-state index contributed by atoms with van der Waals surface area (Å²) in [6.07, 6.45) is 0. The van der Waals surface area contributed by atoms with Crippen molar-refractivity contribution >= 4 is 16.8 Å². The number of benzene rings is 2. The van der Waals surface area contributed by atoms with Gasteiger partial charge in [0.05, 0.1) is 0 Å². The molecule has 5 heteroatoms. The fourth-order valence-electron chi connectivity index (χ4n) is 3.13. The molecule has 0 amide bonds. The van der Waals surface area contributed by atoms with E-state index in [4.69, 9.17) is 0 Å². The molecule has 0 radical (unpaired) electrons. The Hall–Kier alpha value is -4.32. The highest BCUT2D eigenvalue weighted by atomic mass is 15.1. The van der Waals surface area contributed by atoms with E-state index in [1.807, 2.05) is 54.6 Å². The Kier molecular flexibility index (Phi) is 7.33. The lowest BCUT2D eigenvalue weighted by atomic mass is 9.86. The molecule has 0 atom stereocenters. The van der Waals surface area contributed by atoms with Crippen LogP contribution in [0, 0.1) is 45.3 Å². The lowest BCUT2D eigenvalue weighted by Crippen LogP contribution is -2.21. The molecule has 0 aliphatic heterocycles. The Bertz CT molecular complexity index is 1060. The van der Waals surface area contributed by atoms with Crippen LogP contribution in [0.15, 0.2) is 65.7 Å². The highest BCUT2D eigenvalue weighted by Gasteiger charge is 2.21. The molecule has 5 nitrogen and oxygen atoms in total. The molecule has 0 N–H and O–H groups in total. The predicted molar refractivity (Wildman–Crippen MR) is 113 cm³/mol. The molecule has 2 aromatic carbocycles. The quantitative estimate of drug-likeness (QED) is 0.530. The van der Waals surface area contributed by atoms with E-state index in [1.54, 1.807) is 24.3 Å². The van der Waals surface area contributed by atoms with E-state index in [0.29, 0.717) is 11.1 Å². The second-order valence-corrected chi connectivity index (χ2v) is 6.03. The molecule has 0 aliphatic carbocycles. The molecule has 2 rings (SSSR count). The van der Waals surface area contributed by atoms with Crippen molar-refractivity contribution < 1.29 is 0 Å². The fraction of sp³-hybridized carbons (Fsp3) is 0.167. The molecule has 0 bridgehead atoms. The third-order valence-electron chi connectivity index (χ3n) is 4.54. The number of anilines is 1. The van der Waals surface area contributed by atoms with E-state index in [9.17, 15) is 21.0 Å². The van der Waals surface area contributed by atoms with Crippen molar-refractivity contribution in [3.05, 3.63) is 76.9 Å². The largest absolute Gasteiger partial charge is 0.372 e. The molecule has 140 valence electrons. The zero-order valence-corrected chi connectivity index (χ0v) is 16.3. The summed E-state index contributed by atoms with van der Waals surface area (Å²) in [6, 6.07) is 24.0. The monoisotopic (exact) mass is 377 g/mol. The summed E-state index contributed by atoms with van der Waals surface area (Å²) in [4.78, 5) is 2.17. The highest BCUT2D eigenvalue weighted by Crippen LogP contribution is 2.36. The SMILES string of the molecule is CCN(CC)c1ccc(C(=C(C#N)C#N)C(=C(C#N)C#N)c2ccccc2)cc1. The first kappa shape index (κ1) is 21.0. The minimum absolute atomic E-state index is 0.151. The third kappa shape index (κ3) is 4.51. The van der Waals surface area contributed by atoms with Crippen molar-refractivity contribution in [2.24, 2.45) is 0 Å². The topological polar surface area (TPSA) is 98.4 Å². The minimum Gasteiger partial charge on any atom is -0.372 e. The zero-order valence-electron chi connectivity index (χ0n) is 16.3. The van der Waals surface area contributed by atoms with Crippen molar-refractivity contribution in [1.82, 2.24) is 0 Å². The number of nitrogens with zero attached hydrogens (tertiary/aromatic N) is 5. The van der Waals surface area contributed by atoms with Crippen molar-refractivity contribution in [2.75, 3.05) is 18.0 Å². The number of rotatable bonds is 6. The van der Waals surface area contributed by atoms with Crippen LogP contribution in [0.5, 0.6) is 0 Å². The Balaban J connectivity index is 2.82. The summed E-state index contributed by atoms with van der Waals surface area (Å²) in [6.45, 7) is 5.83. The van der Waals surface area contributed by atoms with Gasteiger partial charge in [-0.3, -0.25) is 0 Å². The summed E-state index contributed by atoms with van der Waals surface area (Å²) < 4.78 is 0. The average Bonchev–Trinajstić information content (AvgIpc) is 2.78. The fourth-order valence-corrected chi connectivity index (χ4v) is 3.13. The molecule has 2 aromatic rings. The van der Waals surface area contributed by atoms with Gasteiger partial charge in [-0.15, -0.1) is 0 Å². The first-order valence-electron chi connectivity index (χ1n) is 9.15. The minimum atomic E-state index is -0.151.